The van der Waals surface area contributed by atoms with Gasteiger partial charge >= 0.3 is 5.97 Å². The molecular weight excluding hydrogens is 347 g/mol. The fourth-order valence-electron chi connectivity index (χ4n) is 3.70. The second-order valence-electron chi connectivity index (χ2n) is 6.61. The molecule has 1 fully saturated rings. The zero-order chi connectivity index (χ0) is 17.1. The number of halogens is 2. The third-order valence-corrected chi connectivity index (χ3v) is 5.28. The Kier molecular flexibility index (Phi) is 7.84. The van der Waals surface area contributed by atoms with E-state index in [1.165, 1.54) is 12.8 Å². The molecule has 0 aromatic heterocycles. The molecule has 6 heteroatoms. The van der Waals surface area contributed by atoms with E-state index < -0.39 is 5.97 Å². The molecule has 1 aromatic rings. The maximum atomic E-state index is 11.4. The molecule has 0 atom stereocenters. The summed E-state index contributed by atoms with van der Waals surface area (Å²) in [6.07, 6.45) is 4.62. The maximum Gasteiger partial charge on any atom is 0.336 e. The maximum absolute atomic E-state index is 11.4. The first-order valence-corrected chi connectivity index (χ1v) is 8.69. The van der Waals surface area contributed by atoms with Gasteiger partial charge in [-0.05, 0) is 71.3 Å². The molecule has 0 heterocycles. The standard InChI is InChI=1S/C18H27ClN2O2.ClH/c1-5-21(15-8-6-14(7-9-15)20(3)4)17-11-13(19)10-16(12(17)2)18(22)23;/h10-11,14-15H,5-9H2,1-4H3,(H,22,23);1H. The lowest BCUT2D eigenvalue weighted by Gasteiger charge is -2.40. The van der Waals surface area contributed by atoms with Gasteiger partial charge in [-0.2, -0.15) is 0 Å². The molecule has 0 saturated heterocycles. The van der Waals surface area contributed by atoms with Gasteiger partial charge in [0.1, 0.15) is 0 Å². The Hall–Kier alpha value is -0.970. The summed E-state index contributed by atoms with van der Waals surface area (Å²) in [5.41, 5.74) is 2.07. The Morgan fingerprint density at radius 1 is 1.21 bits per heavy atom. The number of aromatic carboxylic acids is 1. The largest absolute Gasteiger partial charge is 0.478 e. The van der Waals surface area contributed by atoms with Crippen molar-refractivity contribution in [1.82, 2.24) is 4.90 Å². The predicted octanol–water partition coefficient (Wildman–Crippen LogP) is 4.47. The van der Waals surface area contributed by atoms with Crippen LogP contribution in [0.1, 0.15) is 48.5 Å². The summed E-state index contributed by atoms with van der Waals surface area (Å²) >= 11 is 6.17. The van der Waals surface area contributed by atoms with E-state index in [1.807, 2.05) is 13.0 Å². The number of carboxylic acid groups (broad SMARTS) is 1. The number of anilines is 1. The van der Waals surface area contributed by atoms with Crippen LogP contribution in [0, 0.1) is 6.92 Å². The molecule has 0 aliphatic heterocycles. The van der Waals surface area contributed by atoms with Crippen molar-refractivity contribution in [3.8, 4) is 0 Å². The molecule has 0 unspecified atom stereocenters. The highest BCUT2D eigenvalue weighted by atomic mass is 35.5. The van der Waals surface area contributed by atoms with E-state index in [9.17, 15) is 9.90 Å². The summed E-state index contributed by atoms with van der Waals surface area (Å²) in [5.74, 6) is -0.918. The minimum atomic E-state index is -0.918. The molecule has 2 rings (SSSR count). The number of hydrogen-bond donors (Lipinski definition) is 1. The summed E-state index contributed by atoms with van der Waals surface area (Å²) in [4.78, 5) is 16.1. The summed E-state index contributed by atoms with van der Waals surface area (Å²) in [6.45, 7) is 4.86. The van der Waals surface area contributed by atoms with Crippen LogP contribution in [0.15, 0.2) is 12.1 Å². The molecule has 1 aromatic carbocycles. The molecule has 0 bridgehead atoms. The summed E-state index contributed by atoms with van der Waals surface area (Å²) in [7, 11) is 4.28. The van der Waals surface area contributed by atoms with Crippen LogP contribution >= 0.6 is 24.0 Å². The highest BCUT2D eigenvalue weighted by Crippen LogP contribution is 2.34. The zero-order valence-corrected chi connectivity index (χ0v) is 16.5. The molecule has 4 nitrogen and oxygen atoms in total. The molecule has 24 heavy (non-hydrogen) atoms. The van der Waals surface area contributed by atoms with E-state index in [4.69, 9.17) is 11.6 Å². The first-order valence-electron chi connectivity index (χ1n) is 8.31. The number of nitrogens with zero attached hydrogens (tertiary/aromatic N) is 2. The van der Waals surface area contributed by atoms with E-state index in [0.717, 1.165) is 30.6 Å². The average Bonchev–Trinajstić information content (AvgIpc) is 2.51. The Balaban J connectivity index is 0.00000288. The number of benzene rings is 1. The average molecular weight is 375 g/mol. The summed E-state index contributed by atoms with van der Waals surface area (Å²) < 4.78 is 0. The lowest BCUT2D eigenvalue weighted by molar-refractivity contribution is 0.0696. The van der Waals surface area contributed by atoms with Gasteiger partial charge in [0.15, 0.2) is 0 Å². The Labute approximate surface area is 156 Å². The molecule has 136 valence electrons. The monoisotopic (exact) mass is 374 g/mol. The smallest absolute Gasteiger partial charge is 0.336 e. The van der Waals surface area contributed by atoms with Crippen molar-refractivity contribution in [1.29, 1.82) is 0 Å². The van der Waals surface area contributed by atoms with Crippen LogP contribution in [0.4, 0.5) is 5.69 Å². The number of carbonyl (C=O) groups is 1. The second-order valence-corrected chi connectivity index (χ2v) is 7.05. The van der Waals surface area contributed by atoms with Gasteiger partial charge in [-0.3, -0.25) is 0 Å². The van der Waals surface area contributed by atoms with Crippen molar-refractivity contribution in [2.24, 2.45) is 0 Å². The SMILES string of the molecule is CCN(c1cc(Cl)cc(C(=O)O)c1C)C1CCC(N(C)C)CC1.Cl. The Morgan fingerprint density at radius 2 is 1.75 bits per heavy atom. The van der Waals surface area contributed by atoms with Crippen LogP contribution in [0.5, 0.6) is 0 Å². The first-order chi connectivity index (χ1) is 10.8. The number of carboxylic acids is 1. The van der Waals surface area contributed by atoms with E-state index in [2.05, 4.69) is 30.8 Å². The van der Waals surface area contributed by atoms with Gasteiger partial charge in [0.05, 0.1) is 5.56 Å². The minimum Gasteiger partial charge on any atom is -0.478 e. The van der Waals surface area contributed by atoms with Gasteiger partial charge in [-0.15, -0.1) is 12.4 Å². The predicted molar refractivity (Wildman–Crippen MR) is 103 cm³/mol. The van der Waals surface area contributed by atoms with Crippen molar-refractivity contribution in [3.63, 3.8) is 0 Å². The van der Waals surface area contributed by atoms with Crippen LogP contribution in [0.3, 0.4) is 0 Å². The molecule has 1 aliphatic rings. The van der Waals surface area contributed by atoms with Gasteiger partial charge in [0, 0.05) is 29.3 Å². The Morgan fingerprint density at radius 3 is 2.21 bits per heavy atom. The fraction of sp³-hybridized carbons (Fsp3) is 0.611. The summed E-state index contributed by atoms with van der Waals surface area (Å²) in [6, 6.07) is 4.56. The number of hydrogen-bond acceptors (Lipinski definition) is 3. The highest BCUT2D eigenvalue weighted by Gasteiger charge is 2.28. The van der Waals surface area contributed by atoms with Gasteiger partial charge in [0.2, 0.25) is 0 Å². The van der Waals surface area contributed by atoms with Gasteiger partial charge < -0.3 is 14.9 Å². The van der Waals surface area contributed by atoms with Crippen molar-refractivity contribution >= 4 is 35.7 Å². The second kappa shape index (κ2) is 8.93. The van der Waals surface area contributed by atoms with E-state index in [-0.39, 0.29) is 12.4 Å². The zero-order valence-electron chi connectivity index (χ0n) is 14.9. The van der Waals surface area contributed by atoms with E-state index in [0.29, 0.717) is 22.7 Å². The van der Waals surface area contributed by atoms with Crippen LogP contribution < -0.4 is 4.90 Å². The fourth-order valence-corrected chi connectivity index (χ4v) is 3.91. The van der Waals surface area contributed by atoms with Crippen molar-refractivity contribution in [2.75, 3.05) is 25.5 Å². The molecule has 1 saturated carbocycles. The van der Waals surface area contributed by atoms with Crippen LogP contribution in [-0.4, -0.2) is 48.7 Å². The molecule has 1 N–H and O–H groups in total. The summed E-state index contributed by atoms with van der Waals surface area (Å²) in [5, 5.41) is 9.88. The minimum absolute atomic E-state index is 0. The van der Waals surface area contributed by atoms with Gasteiger partial charge in [-0.1, -0.05) is 11.6 Å². The normalized spacial score (nSPS) is 20.6. The highest BCUT2D eigenvalue weighted by molar-refractivity contribution is 6.31. The van der Waals surface area contributed by atoms with Gasteiger partial charge in [0.25, 0.3) is 0 Å². The van der Waals surface area contributed by atoms with Crippen LogP contribution in [0.2, 0.25) is 5.02 Å². The topological polar surface area (TPSA) is 43.8 Å². The van der Waals surface area contributed by atoms with Crippen molar-refractivity contribution in [2.45, 2.75) is 51.6 Å². The Bertz CT molecular complexity index is 570. The first kappa shape index (κ1) is 21.1. The lowest BCUT2D eigenvalue weighted by Crippen LogP contribution is -2.42. The molecule has 1 aliphatic carbocycles. The third-order valence-electron chi connectivity index (χ3n) is 5.06. The molecular formula is C18H28Cl2N2O2. The van der Waals surface area contributed by atoms with Crippen LogP contribution in [0.25, 0.3) is 0 Å². The van der Waals surface area contributed by atoms with Crippen LogP contribution in [-0.2, 0) is 0 Å². The van der Waals surface area contributed by atoms with Crippen molar-refractivity contribution < 1.29 is 9.90 Å². The number of rotatable bonds is 5. The molecule has 0 radical (unpaired) electrons. The third kappa shape index (κ3) is 4.56. The van der Waals surface area contributed by atoms with E-state index in [1.54, 1.807) is 6.07 Å². The van der Waals surface area contributed by atoms with Crippen molar-refractivity contribution in [3.05, 3.63) is 28.3 Å². The quantitative estimate of drug-likeness (QED) is 0.825. The lowest BCUT2D eigenvalue weighted by atomic mass is 9.89. The molecule has 0 amide bonds. The van der Waals surface area contributed by atoms with Gasteiger partial charge in [-0.25, -0.2) is 4.79 Å². The van der Waals surface area contributed by atoms with E-state index >= 15 is 0 Å². The molecule has 0 spiro atoms.